The van der Waals surface area contributed by atoms with Crippen molar-refractivity contribution in [2.24, 2.45) is 0 Å². The van der Waals surface area contributed by atoms with E-state index in [0.717, 1.165) is 12.1 Å². The first-order chi connectivity index (χ1) is 7.34. The molecule has 0 saturated heterocycles. The van der Waals surface area contributed by atoms with Crippen LogP contribution >= 0.6 is 0 Å². The highest BCUT2D eigenvalue weighted by Gasteiger charge is 2.16. The molecule has 86 valence electrons. The Hall–Kier alpha value is -1.86. The number of benzene rings is 1. The van der Waals surface area contributed by atoms with Gasteiger partial charge in [-0.3, -0.25) is 9.35 Å². The molecule has 1 aromatic carbocycles. The van der Waals surface area contributed by atoms with Gasteiger partial charge in [0.2, 0.25) is 5.91 Å². The molecule has 0 aliphatic heterocycles. The van der Waals surface area contributed by atoms with Crippen LogP contribution in [0.25, 0.3) is 0 Å². The van der Waals surface area contributed by atoms with Crippen LogP contribution in [0, 0.1) is 0 Å². The van der Waals surface area contributed by atoms with E-state index in [4.69, 9.17) is 10.3 Å². The predicted molar refractivity (Wildman–Crippen MR) is 59.5 cm³/mol. The van der Waals surface area contributed by atoms with E-state index >= 15 is 0 Å². The Labute approximate surface area is 92.5 Å². The van der Waals surface area contributed by atoms with Crippen LogP contribution in [0.5, 0.6) is 0 Å². The summed E-state index contributed by atoms with van der Waals surface area (Å²) in [6, 6.07) is 3.72. The SMILES string of the molecule is C=CC(=O)Nc1ccc(N)cc1S(=O)(=O)O. The van der Waals surface area contributed by atoms with Gasteiger partial charge in [-0.15, -0.1) is 0 Å². The minimum Gasteiger partial charge on any atom is -0.399 e. The highest BCUT2D eigenvalue weighted by atomic mass is 32.2. The molecule has 0 bridgehead atoms. The van der Waals surface area contributed by atoms with Crippen LogP contribution in [-0.2, 0) is 14.9 Å². The van der Waals surface area contributed by atoms with Crippen molar-refractivity contribution >= 4 is 27.4 Å². The van der Waals surface area contributed by atoms with E-state index < -0.39 is 20.9 Å². The molecule has 7 heteroatoms. The normalized spacial score (nSPS) is 10.8. The molecule has 0 saturated carbocycles. The third-order valence-electron chi connectivity index (χ3n) is 1.73. The predicted octanol–water partition coefficient (Wildman–Crippen LogP) is 0.640. The minimum absolute atomic E-state index is 0.0541. The van der Waals surface area contributed by atoms with Gasteiger partial charge >= 0.3 is 0 Å². The zero-order chi connectivity index (χ0) is 12.3. The lowest BCUT2D eigenvalue weighted by Gasteiger charge is -2.08. The molecule has 0 aliphatic carbocycles. The fourth-order valence-corrected chi connectivity index (χ4v) is 1.72. The van der Waals surface area contributed by atoms with Gasteiger partial charge in [0.05, 0.1) is 5.69 Å². The van der Waals surface area contributed by atoms with E-state index in [1.807, 2.05) is 0 Å². The maximum absolute atomic E-state index is 11.0. The topological polar surface area (TPSA) is 109 Å². The molecule has 6 nitrogen and oxygen atoms in total. The molecule has 0 spiro atoms. The molecule has 4 N–H and O–H groups in total. The Morgan fingerprint density at radius 2 is 2.12 bits per heavy atom. The second kappa shape index (κ2) is 4.33. The summed E-state index contributed by atoms with van der Waals surface area (Å²) >= 11 is 0. The van der Waals surface area contributed by atoms with E-state index in [9.17, 15) is 13.2 Å². The highest BCUT2D eigenvalue weighted by molar-refractivity contribution is 7.86. The fraction of sp³-hybridized carbons (Fsp3) is 0. The summed E-state index contributed by atoms with van der Waals surface area (Å²) in [5, 5.41) is 2.24. The molecule has 0 fully saturated rings. The quantitative estimate of drug-likeness (QED) is 0.409. The molecule has 16 heavy (non-hydrogen) atoms. The Kier molecular flexibility index (Phi) is 3.31. The van der Waals surface area contributed by atoms with Gasteiger partial charge in [0.1, 0.15) is 4.90 Å². The molecular weight excluding hydrogens is 232 g/mol. The van der Waals surface area contributed by atoms with Crippen molar-refractivity contribution in [1.29, 1.82) is 0 Å². The summed E-state index contributed by atoms with van der Waals surface area (Å²) in [5.41, 5.74) is 5.48. The third kappa shape index (κ3) is 2.81. The van der Waals surface area contributed by atoms with Gasteiger partial charge in [-0.1, -0.05) is 6.58 Å². The van der Waals surface area contributed by atoms with Gasteiger partial charge in [0, 0.05) is 5.69 Å². The van der Waals surface area contributed by atoms with E-state index in [2.05, 4.69) is 11.9 Å². The van der Waals surface area contributed by atoms with Gasteiger partial charge in [0.25, 0.3) is 10.1 Å². The first-order valence-electron chi connectivity index (χ1n) is 4.15. The molecule has 1 rings (SSSR count). The molecule has 0 radical (unpaired) electrons. The summed E-state index contributed by atoms with van der Waals surface area (Å²) < 4.78 is 30.9. The van der Waals surface area contributed by atoms with Crippen molar-refractivity contribution in [3.05, 3.63) is 30.9 Å². The molecule has 0 atom stereocenters. The number of hydrogen-bond donors (Lipinski definition) is 3. The number of nitrogens with one attached hydrogen (secondary N) is 1. The second-order valence-corrected chi connectivity index (χ2v) is 4.31. The first-order valence-corrected chi connectivity index (χ1v) is 5.59. The average molecular weight is 242 g/mol. The second-order valence-electron chi connectivity index (χ2n) is 2.92. The number of nitrogen functional groups attached to an aromatic ring is 1. The van der Waals surface area contributed by atoms with Gasteiger partial charge in [-0.05, 0) is 24.3 Å². The van der Waals surface area contributed by atoms with Gasteiger partial charge in [0.15, 0.2) is 0 Å². The number of carbonyl (C=O) groups is 1. The van der Waals surface area contributed by atoms with Crippen molar-refractivity contribution in [2.45, 2.75) is 4.90 Å². The maximum atomic E-state index is 11.0. The summed E-state index contributed by atoms with van der Waals surface area (Å²) in [5.74, 6) is -0.588. The average Bonchev–Trinajstić information content (AvgIpc) is 2.19. The molecule has 0 unspecified atom stereocenters. The van der Waals surface area contributed by atoms with Gasteiger partial charge < -0.3 is 11.1 Å². The number of anilines is 2. The Bertz CT molecular complexity index is 536. The van der Waals surface area contributed by atoms with E-state index in [-0.39, 0.29) is 11.4 Å². The molecule has 1 aromatic rings. The Morgan fingerprint density at radius 3 is 2.62 bits per heavy atom. The zero-order valence-corrected chi connectivity index (χ0v) is 8.99. The maximum Gasteiger partial charge on any atom is 0.296 e. The summed E-state index contributed by atoms with van der Waals surface area (Å²) in [4.78, 5) is 10.6. The zero-order valence-electron chi connectivity index (χ0n) is 8.17. The number of nitrogens with two attached hydrogens (primary N) is 1. The molecule has 0 heterocycles. The van der Waals surface area contributed by atoms with Crippen LogP contribution in [0.3, 0.4) is 0 Å². The summed E-state index contributed by atoms with van der Waals surface area (Å²) in [7, 11) is -4.44. The first kappa shape index (κ1) is 12.2. The largest absolute Gasteiger partial charge is 0.399 e. The molecule has 1 amide bonds. The van der Waals surface area contributed by atoms with Crippen LogP contribution in [0.1, 0.15) is 0 Å². The number of rotatable bonds is 3. The molecule has 0 aliphatic rings. The highest BCUT2D eigenvalue weighted by Crippen LogP contribution is 2.23. The monoisotopic (exact) mass is 242 g/mol. The number of hydrogen-bond acceptors (Lipinski definition) is 4. The van der Waals surface area contributed by atoms with Crippen LogP contribution in [-0.4, -0.2) is 18.9 Å². The summed E-state index contributed by atoms with van der Waals surface area (Å²) in [6.07, 6.45) is 0.976. The molecule has 0 aromatic heterocycles. The smallest absolute Gasteiger partial charge is 0.296 e. The van der Waals surface area contributed by atoms with E-state index in [1.54, 1.807) is 0 Å². The van der Waals surface area contributed by atoms with E-state index in [1.165, 1.54) is 12.1 Å². The Morgan fingerprint density at radius 1 is 1.50 bits per heavy atom. The van der Waals surface area contributed by atoms with Crippen molar-refractivity contribution in [2.75, 3.05) is 11.1 Å². The van der Waals surface area contributed by atoms with E-state index in [0.29, 0.717) is 0 Å². The van der Waals surface area contributed by atoms with Crippen LogP contribution in [0.15, 0.2) is 35.7 Å². The lowest BCUT2D eigenvalue weighted by Crippen LogP contribution is -2.12. The van der Waals surface area contributed by atoms with Crippen molar-refractivity contribution < 1.29 is 17.8 Å². The summed E-state index contributed by atoms with van der Waals surface area (Å²) in [6.45, 7) is 3.22. The number of amides is 1. The van der Waals surface area contributed by atoms with Gasteiger partial charge in [-0.25, -0.2) is 0 Å². The minimum atomic E-state index is -4.44. The van der Waals surface area contributed by atoms with Crippen LogP contribution in [0.4, 0.5) is 11.4 Å². The van der Waals surface area contributed by atoms with Crippen molar-refractivity contribution in [3.63, 3.8) is 0 Å². The lowest BCUT2D eigenvalue weighted by molar-refractivity contribution is -0.111. The third-order valence-corrected chi connectivity index (χ3v) is 2.62. The fourth-order valence-electron chi connectivity index (χ4n) is 1.04. The van der Waals surface area contributed by atoms with Crippen molar-refractivity contribution in [3.8, 4) is 0 Å². The van der Waals surface area contributed by atoms with Crippen molar-refractivity contribution in [1.82, 2.24) is 0 Å². The number of carbonyl (C=O) groups excluding carboxylic acids is 1. The van der Waals surface area contributed by atoms with Crippen LogP contribution in [0.2, 0.25) is 0 Å². The lowest BCUT2D eigenvalue weighted by atomic mass is 10.3. The Balaban J connectivity index is 3.29. The van der Waals surface area contributed by atoms with Crippen LogP contribution < -0.4 is 11.1 Å². The standard InChI is InChI=1S/C9H10N2O4S/c1-2-9(12)11-7-4-3-6(10)5-8(7)16(13,14)15/h2-5H,1,10H2,(H,11,12)(H,13,14,15). The molecular formula is C9H10N2O4S. The van der Waals surface area contributed by atoms with Gasteiger partial charge in [-0.2, -0.15) is 8.42 Å².